The molecule has 0 heterocycles. The van der Waals surface area contributed by atoms with Gasteiger partial charge in [0.1, 0.15) is 6.07 Å². The molecule has 2 aromatic rings. The molecular formula is C14H9BrClN3O2. The van der Waals surface area contributed by atoms with Crippen molar-refractivity contribution in [3.63, 3.8) is 0 Å². The number of nitrogens with zero attached hydrogens (tertiary/aromatic N) is 2. The Morgan fingerprint density at radius 3 is 2.76 bits per heavy atom. The second-order valence-corrected chi connectivity index (χ2v) is 5.51. The van der Waals surface area contributed by atoms with Gasteiger partial charge in [0.05, 0.1) is 16.2 Å². The Hall–Kier alpha value is -2.10. The highest BCUT2D eigenvalue weighted by molar-refractivity contribution is 9.10. The molecule has 0 radical (unpaired) electrons. The van der Waals surface area contributed by atoms with Crippen molar-refractivity contribution >= 4 is 38.9 Å². The molecule has 0 aliphatic rings. The predicted octanol–water partition coefficient (Wildman–Crippen LogP) is 4.49. The summed E-state index contributed by atoms with van der Waals surface area (Å²) in [5.74, 6) is 0. The van der Waals surface area contributed by atoms with Gasteiger partial charge in [-0.3, -0.25) is 10.1 Å². The first-order valence-electron chi connectivity index (χ1n) is 5.87. The minimum absolute atomic E-state index is 0.0208. The highest BCUT2D eigenvalue weighted by atomic mass is 79.9. The van der Waals surface area contributed by atoms with Crippen molar-refractivity contribution in [3.8, 4) is 6.07 Å². The molecular weight excluding hydrogens is 358 g/mol. The molecule has 0 unspecified atom stereocenters. The van der Waals surface area contributed by atoms with Gasteiger partial charge in [-0.15, -0.1) is 0 Å². The number of anilines is 1. The van der Waals surface area contributed by atoms with Crippen LogP contribution in [-0.4, -0.2) is 4.92 Å². The number of nitro groups is 1. The Morgan fingerprint density at radius 2 is 2.10 bits per heavy atom. The molecule has 0 saturated carbocycles. The van der Waals surface area contributed by atoms with E-state index >= 15 is 0 Å². The molecule has 7 heteroatoms. The maximum atomic E-state index is 10.8. The standard InChI is InChI=1S/C14H9BrClN3O2/c15-11-1-4-14(9(5-11)7-17)18-8-10-6-12(19(20)21)2-3-13(10)16/h1-6,18H,8H2. The van der Waals surface area contributed by atoms with Crippen molar-refractivity contribution in [2.75, 3.05) is 5.32 Å². The van der Waals surface area contributed by atoms with E-state index < -0.39 is 4.92 Å². The van der Waals surface area contributed by atoms with Crippen LogP contribution in [0.5, 0.6) is 0 Å². The molecule has 5 nitrogen and oxygen atoms in total. The lowest BCUT2D eigenvalue weighted by atomic mass is 10.1. The van der Waals surface area contributed by atoms with Crippen LogP contribution in [0.25, 0.3) is 0 Å². The topological polar surface area (TPSA) is 79.0 Å². The second-order valence-electron chi connectivity index (χ2n) is 4.19. The van der Waals surface area contributed by atoms with E-state index in [1.807, 2.05) is 0 Å². The first-order chi connectivity index (χ1) is 10.0. The maximum Gasteiger partial charge on any atom is 0.269 e. The van der Waals surface area contributed by atoms with Crippen LogP contribution in [0.3, 0.4) is 0 Å². The zero-order valence-corrected chi connectivity index (χ0v) is 13.0. The number of non-ortho nitro benzene ring substituents is 1. The van der Waals surface area contributed by atoms with E-state index in [9.17, 15) is 10.1 Å². The number of hydrogen-bond acceptors (Lipinski definition) is 4. The minimum atomic E-state index is -0.472. The van der Waals surface area contributed by atoms with Crippen molar-refractivity contribution in [1.29, 1.82) is 5.26 Å². The van der Waals surface area contributed by atoms with Gasteiger partial charge in [-0.25, -0.2) is 0 Å². The number of benzene rings is 2. The molecule has 21 heavy (non-hydrogen) atoms. The van der Waals surface area contributed by atoms with Gasteiger partial charge in [0.2, 0.25) is 0 Å². The Kier molecular flexibility index (Phi) is 4.78. The average Bonchev–Trinajstić information content (AvgIpc) is 2.47. The molecule has 0 saturated heterocycles. The van der Waals surface area contributed by atoms with Crippen LogP contribution < -0.4 is 5.32 Å². The van der Waals surface area contributed by atoms with Crippen LogP contribution in [0.2, 0.25) is 5.02 Å². The van der Waals surface area contributed by atoms with Gasteiger partial charge in [-0.2, -0.15) is 5.26 Å². The third-order valence-corrected chi connectivity index (χ3v) is 3.67. The Balaban J connectivity index is 2.22. The molecule has 106 valence electrons. The van der Waals surface area contributed by atoms with Gasteiger partial charge in [0.15, 0.2) is 0 Å². The molecule has 1 N–H and O–H groups in total. The van der Waals surface area contributed by atoms with E-state index in [0.717, 1.165) is 4.47 Å². The smallest absolute Gasteiger partial charge is 0.269 e. The van der Waals surface area contributed by atoms with Crippen LogP contribution in [0.1, 0.15) is 11.1 Å². The fourth-order valence-corrected chi connectivity index (χ4v) is 2.31. The lowest BCUT2D eigenvalue weighted by Gasteiger charge is -2.10. The van der Waals surface area contributed by atoms with Crippen molar-refractivity contribution in [2.24, 2.45) is 0 Å². The van der Waals surface area contributed by atoms with Crippen molar-refractivity contribution in [1.82, 2.24) is 0 Å². The Bertz CT molecular complexity index is 743. The van der Waals surface area contributed by atoms with E-state index in [0.29, 0.717) is 21.8 Å². The Morgan fingerprint density at radius 1 is 1.33 bits per heavy atom. The van der Waals surface area contributed by atoms with Gasteiger partial charge in [-0.05, 0) is 29.8 Å². The number of nitro benzene ring substituents is 1. The van der Waals surface area contributed by atoms with Crippen LogP contribution in [-0.2, 0) is 6.54 Å². The lowest BCUT2D eigenvalue weighted by Crippen LogP contribution is -2.02. The van der Waals surface area contributed by atoms with Gasteiger partial charge in [0.25, 0.3) is 5.69 Å². The zero-order valence-electron chi connectivity index (χ0n) is 10.6. The Labute approximate surface area is 134 Å². The SMILES string of the molecule is N#Cc1cc(Br)ccc1NCc1cc([N+](=O)[O-])ccc1Cl. The second kappa shape index (κ2) is 6.57. The van der Waals surface area contributed by atoms with E-state index in [-0.39, 0.29) is 12.2 Å². The minimum Gasteiger partial charge on any atom is -0.380 e. The van der Waals surface area contributed by atoms with Gasteiger partial charge in [-0.1, -0.05) is 27.5 Å². The van der Waals surface area contributed by atoms with Gasteiger partial charge < -0.3 is 5.32 Å². The lowest BCUT2D eigenvalue weighted by molar-refractivity contribution is -0.384. The summed E-state index contributed by atoms with van der Waals surface area (Å²) in [6, 6.07) is 11.6. The summed E-state index contributed by atoms with van der Waals surface area (Å²) in [5, 5.41) is 23.4. The van der Waals surface area contributed by atoms with Crippen LogP contribution in [0, 0.1) is 21.4 Å². The van der Waals surface area contributed by atoms with Gasteiger partial charge >= 0.3 is 0 Å². The van der Waals surface area contributed by atoms with E-state index in [2.05, 4.69) is 27.3 Å². The molecule has 0 aliphatic carbocycles. The summed E-state index contributed by atoms with van der Waals surface area (Å²) in [7, 11) is 0. The number of halogens is 2. The first-order valence-corrected chi connectivity index (χ1v) is 7.04. The maximum absolute atomic E-state index is 10.8. The third kappa shape index (κ3) is 3.72. The molecule has 2 aromatic carbocycles. The molecule has 0 bridgehead atoms. The number of nitriles is 1. The summed E-state index contributed by atoms with van der Waals surface area (Å²) < 4.78 is 0.804. The third-order valence-electron chi connectivity index (χ3n) is 2.81. The fourth-order valence-electron chi connectivity index (χ4n) is 1.76. The molecule has 0 aromatic heterocycles. The first kappa shape index (κ1) is 15.3. The quantitative estimate of drug-likeness (QED) is 0.638. The predicted molar refractivity (Wildman–Crippen MR) is 84.3 cm³/mol. The highest BCUT2D eigenvalue weighted by Gasteiger charge is 2.10. The summed E-state index contributed by atoms with van der Waals surface area (Å²) in [6.45, 7) is 0.289. The van der Waals surface area contributed by atoms with E-state index in [1.165, 1.54) is 18.2 Å². The van der Waals surface area contributed by atoms with E-state index in [1.54, 1.807) is 18.2 Å². The average molecular weight is 367 g/mol. The van der Waals surface area contributed by atoms with Crippen LogP contribution >= 0.6 is 27.5 Å². The molecule has 0 spiro atoms. The van der Waals surface area contributed by atoms with Crippen LogP contribution in [0.15, 0.2) is 40.9 Å². The monoisotopic (exact) mass is 365 g/mol. The van der Waals surface area contributed by atoms with Crippen molar-refractivity contribution in [2.45, 2.75) is 6.54 Å². The fraction of sp³-hybridized carbons (Fsp3) is 0.0714. The molecule has 0 fully saturated rings. The van der Waals surface area contributed by atoms with E-state index in [4.69, 9.17) is 16.9 Å². The molecule has 0 amide bonds. The highest BCUT2D eigenvalue weighted by Crippen LogP contribution is 2.25. The van der Waals surface area contributed by atoms with Crippen LogP contribution in [0.4, 0.5) is 11.4 Å². The number of hydrogen-bond donors (Lipinski definition) is 1. The molecule has 2 rings (SSSR count). The summed E-state index contributed by atoms with van der Waals surface area (Å²) in [5.41, 5.74) is 1.69. The number of rotatable bonds is 4. The normalized spacial score (nSPS) is 9.95. The van der Waals surface area contributed by atoms with Crippen molar-refractivity contribution in [3.05, 3.63) is 67.1 Å². The largest absolute Gasteiger partial charge is 0.380 e. The summed E-state index contributed by atoms with van der Waals surface area (Å²) in [6.07, 6.45) is 0. The zero-order chi connectivity index (χ0) is 15.4. The van der Waals surface area contributed by atoms with Gasteiger partial charge in [0, 0.05) is 28.2 Å². The summed E-state index contributed by atoms with van der Waals surface area (Å²) in [4.78, 5) is 10.3. The number of nitrogens with one attached hydrogen (secondary N) is 1. The molecule has 0 aliphatic heterocycles. The van der Waals surface area contributed by atoms with Crippen molar-refractivity contribution < 1.29 is 4.92 Å². The summed E-state index contributed by atoms with van der Waals surface area (Å²) >= 11 is 9.33. The molecule has 0 atom stereocenters.